The number of nitro groups is 1. The van der Waals surface area contributed by atoms with Crippen molar-refractivity contribution >= 4 is 40.7 Å². The quantitative estimate of drug-likeness (QED) is 0.231. The molecule has 0 saturated carbocycles. The van der Waals surface area contributed by atoms with Crippen molar-refractivity contribution in [3.63, 3.8) is 0 Å². The van der Waals surface area contributed by atoms with Crippen LogP contribution in [0.3, 0.4) is 0 Å². The summed E-state index contributed by atoms with van der Waals surface area (Å²) in [6.45, 7) is 0. The Balaban J connectivity index is 1.75. The van der Waals surface area contributed by atoms with Gasteiger partial charge in [-0.15, -0.1) is 0 Å². The van der Waals surface area contributed by atoms with Crippen molar-refractivity contribution < 1.29 is 14.1 Å². The summed E-state index contributed by atoms with van der Waals surface area (Å²) in [5.74, 6) is 0.783. The van der Waals surface area contributed by atoms with Gasteiger partial charge in [0.2, 0.25) is 0 Å². The first-order valence-corrected chi connectivity index (χ1v) is 8.22. The Labute approximate surface area is 158 Å². The number of ketones is 1. The summed E-state index contributed by atoms with van der Waals surface area (Å²) in [5, 5.41) is 11.4. The normalized spacial score (nSPS) is 11.0. The fraction of sp³-hybridized carbons (Fsp3) is 0. The molecular weight excluding hydrogens is 377 g/mol. The molecule has 0 N–H and O–H groups in total. The minimum atomic E-state index is -0.464. The summed E-state index contributed by atoms with van der Waals surface area (Å²) in [4.78, 5) is 22.4. The molecule has 0 spiro atoms. The maximum Gasteiger partial charge on any atom is 0.269 e. The van der Waals surface area contributed by atoms with Crippen molar-refractivity contribution in [3.05, 3.63) is 92.2 Å². The molecular formula is C19H11Cl2NO4. The number of carbonyl (C=O) groups is 1. The smallest absolute Gasteiger partial charge is 0.269 e. The number of furan rings is 1. The molecule has 5 nitrogen and oxygen atoms in total. The third-order valence-electron chi connectivity index (χ3n) is 3.59. The fourth-order valence-electron chi connectivity index (χ4n) is 2.25. The maximum absolute atomic E-state index is 12.2. The second kappa shape index (κ2) is 7.56. The number of allylic oxidation sites excluding steroid dienone is 1. The zero-order chi connectivity index (χ0) is 18.7. The molecule has 0 fully saturated rings. The summed E-state index contributed by atoms with van der Waals surface area (Å²) >= 11 is 11.7. The van der Waals surface area contributed by atoms with E-state index in [1.807, 2.05) is 0 Å². The van der Waals surface area contributed by atoms with E-state index in [1.165, 1.54) is 24.3 Å². The molecule has 0 atom stereocenters. The minimum absolute atomic E-state index is 0.00708. The highest BCUT2D eigenvalue weighted by atomic mass is 35.5. The molecule has 3 aromatic rings. The average Bonchev–Trinajstić information content (AvgIpc) is 3.11. The number of halogens is 2. The number of hydrogen-bond acceptors (Lipinski definition) is 4. The monoisotopic (exact) mass is 387 g/mol. The predicted molar refractivity (Wildman–Crippen MR) is 101 cm³/mol. The minimum Gasteiger partial charge on any atom is -0.457 e. The molecule has 130 valence electrons. The molecule has 2 aromatic carbocycles. The van der Waals surface area contributed by atoms with Crippen LogP contribution in [0.15, 0.2) is 65.1 Å². The van der Waals surface area contributed by atoms with E-state index in [9.17, 15) is 14.9 Å². The lowest BCUT2D eigenvalue weighted by atomic mass is 10.1. The Hall–Kier alpha value is -2.89. The van der Waals surface area contributed by atoms with Crippen LogP contribution >= 0.6 is 23.2 Å². The van der Waals surface area contributed by atoms with Crippen LogP contribution in [0, 0.1) is 10.1 Å². The maximum atomic E-state index is 12.2. The Bertz CT molecular complexity index is 1010. The topological polar surface area (TPSA) is 73.3 Å². The summed E-state index contributed by atoms with van der Waals surface area (Å²) in [6.07, 6.45) is 2.91. The Morgan fingerprint density at radius 3 is 2.38 bits per heavy atom. The SMILES string of the molecule is O=C(/C=C/c1ccc(-c2ccc([N+](=O)[O-])cc2)o1)c1ccc(Cl)c(Cl)c1. The Kier molecular flexibility index (Phi) is 5.21. The molecule has 1 aromatic heterocycles. The van der Waals surface area contributed by atoms with Gasteiger partial charge >= 0.3 is 0 Å². The highest BCUT2D eigenvalue weighted by Crippen LogP contribution is 2.26. The van der Waals surface area contributed by atoms with Crippen LogP contribution in [0.2, 0.25) is 10.0 Å². The number of non-ortho nitro benzene ring substituents is 1. The van der Waals surface area contributed by atoms with Gasteiger partial charge in [-0.1, -0.05) is 23.2 Å². The van der Waals surface area contributed by atoms with Gasteiger partial charge < -0.3 is 4.42 Å². The number of nitro benzene ring substituents is 1. The molecule has 3 rings (SSSR count). The van der Waals surface area contributed by atoms with Gasteiger partial charge in [0.15, 0.2) is 5.78 Å². The first-order valence-electron chi connectivity index (χ1n) is 7.46. The lowest BCUT2D eigenvalue weighted by Crippen LogP contribution is -1.93. The third-order valence-corrected chi connectivity index (χ3v) is 4.33. The van der Waals surface area contributed by atoms with Crippen molar-refractivity contribution in [3.8, 4) is 11.3 Å². The molecule has 0 aliphatic rings. The first-order chi connectivity index (χ1) is 12.4. The van der Waals surface area contributed by atoms with Gasteiger partial charge in [0.05, 0.1) is 15.0 Å². The zero-order valence-electron chi connectivity index (χ0n) is 13.2. The highest BCUT2D eigenvalue weighted by molar-refractivity contribution is 6.42. The molecule has 0 aliphatic heterocycles. The molecule has 0 bridgehead atoms. The molecule has 26 heavy (non-hydrogen) atoms. The van der Waals surface area contributed by atoms with Crippen molar-refractivity contribution in [2.24, 2.45) is 0 Å². The number of hydrogen-bond donors (Lipinski definition) is 0. The van der Waals surface area contributed by atoms with Crippen LogP contribution in [0.4, 0.5) is 5.69 Å². The highest BCUT2D eigenvalue weighted by Gasteiger charge is 2.09. The van der Waals surface area contributed by atoms with Gasteiger partial charge in [-0.3, -0.25) is 14.9 Å². The van der Waals surface area contributed by atoms with E-state index in [0.29, 0.717) is 32.7 Å². The molecule has 0 aliphatic carbocycles. The van der Waals surface area contributed by atoms with E-state index in [1.54, 1.807) is 42.5 Å². The van der Waals surface area contributed by atoms with Crippen molar-refractivity contribution in [2.45, 2.75) is 0 Å². The standard InChI is InChI=1S/C19H11Cl2NO4/c20-16-8-3-13(11-17(16)21)18(23)9-6-15-7-10-19(26-15)12-1-4-14(5-2-12)22(24)25/h1-11H/b9-6+. The fourth-order valence-corrected chi connectivity index (χ4v) is 2.55. The lowest BCUT2D eigenvalue weighted by molar-refractivity contribution is -0.384. The predicted octanol–water partition coefficient (Wildman–Crippen LogP) is 6.06. The van der Waals surface area contributed by atoms with Gasteiger partial charge in [-0.05, 0) is 54.6 Å². The molecule has 1 heterocycles. The van der Waals surface area contributed by atoms with Crippen LogP contribution < -0.4 is 0 Å². The molecule has 0 amide bonds. The molecule has 0 saturated heterocycles. The van der Waals surface area contributed by atoms with Crippen molar-refractivity contribution in [1.82, 2.24) is 0 Å². The van der Waals surface area contributed by atoms with E-state index in [2.05, 4.69) is 0 Å². The van der Waals surface area contributed by atoms with E-state index in [4.69, 9.17) is 27.6 Å². The largest absolute Gasteiger partial charge is 0.457 e. The molecule has 7 heteroatoms. The van der Waals surface area contributed by atoms with Gasteiger partial charge in [-0.2, -0.15) is 0 Å². The Morgan fingerprint density at radius 1 is 1.00 bits per heavy atom. The van der Waals surface area contributed by atoms with E-state index in [0.717, 1.165) is 0 Å². The Morgan fingerprint density at radius 2 is 1.73 bits per heavy atom. The van der Waals surface area contributed by atoms with E-state index < -0.39 is 4.92 Å². The van der Waals surface area contributed by atoms with E-state index in [-0.39, 0.29) is 11.5 Å². The van der Waals surface area contributed by atoms with Crippen LogP contribution in [0.25, 0.3) is 17.4 Å². The summed E-state index contributed by atoms with van der Waals surface area (Å²) in [7, 11) is 0. The van der Waals surface area contributed by atoms with Crippen LogP contribution in [0.1, 0.15) is 16.1 Å². The lowest BCUT2D eigenvalue weighted by Gasteiger charge is -1.99. The van der Waals surface area contributed by atoms with Crippen LogP contribution in [-0.4, -0.2) is 10.7 Å². The number of carbonyl (C=O) groups excluding carboxylic acids is 1. The van der Waals surface area contributed by atoms with Crippen molar-refractivity contribution in [1.29, 1.82) is 0 Å². The van der Waals surface area contributed by atoms with E-state index >= 15 is 0 Å². The number of rotatable bonds is 5. The number of benzene rings is 2. The van der Waals surface area contributed by atoms with Gasteiger partial charge in [0.1, 0.15) is 11.5 Å². The molecule has 0 unspecified atom stereocenters. The first kappa shape index (κ1) is 17.9. The summed E-state index contributed by atoms with van der Waals surface area (Å²) in [6, 6.07) is 14.1. The van der Waals surface area contributed by atoms with Gasteiger partial charge in [0.25, 0.3) is 5.69 Å². The van der Waals surface area contributed by atoms with Crippen molar-refractivity contribution in [2.75, 3.05) is 0 Å². The average molecular weight is 388 g/mol. The zero-order valence-corrected chi connectivity index (χ0v) is 14.7. The summed E-state index contributed by atoms with van der Waals surface area (Å²) < 4.78 is 5.64. The second-order valence-electron chi connectivity index (χ2n) is 5.33. The van der Waals surface area contributed by atoms with Gasteiger partial charge in [0, 0.05) is 23.3 Å². The van der Waals surface area contributed by atoms with Gasteiger partial charge in [-0.25, -0.2) is 0 Å². The van der Waals surface area contributed by atoms with Crippen LogP contribution in [-0.2, 0) is 0 Å². The third kappa shape index (κ3) is 4.02. The summed E-state index contributed by atoms with van der Waals surface area (Å²) in [5.41, 5.74) is 1.12. The van der Waals surface area contributed by atoms with Crippen LogP contribution in [0.5, 0.6) is 0 Å². The second-order valence-corrected chi connectivity index (χ2v) is 6.15. The number of nitrogens with zero attached hydrogens (tertiary/aromatic N) is 1. The molecule has 0 radical (unpaired) electrons.